The van der Waals surface area contributed by atoms with Crippen molar-refractivity contribution in [1.82, 2.24) is 20.0 Å². The summed E-state index contributed by atoms with van der Waals surface area (Å²) in [5.41, 5.74) is 2.18. The van der Waals surface area contributed by atoms with Crippen LogP contribution in [0.25, 0.3) is 11.4 Å². The van der Waals surface area contributed by atoms with Crippen LogP contribution in [-0.2, 0) is 6.54 Å². The first kappa shape index (κ1) is 16.7. The standard InChI is InChI=1S/C20H22N4O2/c1-25-17-7-5-15(6-8-17)14-24-13-3-2-4-18(24)20-22-19(23-26-20)16-9-11-21-12-10-16/h5-12,18H,2-4,13-14H2,1H3/t18-/m1/s1. The van der Waals surface area contributed by atoms with Crippen LogP contribution in [0.15, 0.2) is 53.3 Å². The summed E-state index contributed by atoms with van der Waals surface area (Å²) in [7, 11) is 1.69. The molecule has 1 fully saturated rings. The third kappa shape index (κ3) is 3.60. The van der Waals surface area contributed by atoms with Gasteiger partial charge in [-0.1, -0.05) is 23.7 Å². The maximum Gasteiger partial charge on any atom is 0.244 e. The molecule has 0 unspecified atom stereocenters. The first-order valence-corrected chi connectivity index (χ1v) is 8.94. The highest BCUT2D eigenvalue weighted by atomic mass is 16.5. The van der Waals surface area contributed by atoms with Crippen molar-refractivity contribution >= 4 is 0 Å². The van der Waals surface area contributed by atoms with Gasteiger partial charge in [-0.3, -0.25) is 9.88 Å². The smallest absolute Gasteiger partial charge is 0.244 e. The third-order valence-electron chi connectivity index (χ3n) is 4.82. The van der Waals surface area contributed by atoms with E-state index >= 15 is 0 Å². The first-order chi connectivity index (χ1) is 12.8. The van der Waals surface area contributed by atoms with E-state index in [1.54, 1.807) is 19.5 Å². The molecule has 0 radical (unpaired) electrons. The summed E-state index contributed by atoms with van der Waals surface area (Å²) in [4.78, 5) is 11.1. The van der Waals surface area contributed by atoms with Gasteiger partial charge in [0.25, 0.3) is 0 Å². The van der Waals surface area contributed by atoms with Gasteiger partial charge < -0.3 is 9.26 Å². The van der Waals surface area contributed by atoms with Gasteiger partial charge in [-0.2, -0.15) is 4.98 Å². The number of rotatable bonds is 5. The molecule has 6 nitrogen and oxygen atoms in total. The molecule has 26 heavy (non-hydrogen) atoms. The molecule has 6 heteroatoms. The van der Waals surface area contributed by atoms with Crippen LogP contribution in [0.2, 0.25) is 0 Å². The maximum absolute atomic E-state index is 5.62. The summed E-state index contributed by atoms with van der Waals surface area (Å²) in [6.45, 7) is 1.89. The van der Waals surface area contributed by atoms with Gasteiger partial charge >= 0.3 is 0 Å². The molecule has 2 aromatic heterocycles. The molecule has 0 bridgehead atoms. The molecular formula is C20H22N4O2. The van der Waals surface area contributed by atoms with E-state index in [0.29, 0.717) is 11.7 Å². The number of methoxy groups -OCH3 is 1. The van der Waals surface area contributed by atoms with Gasteiger partial charge in [0, 0.05) is 24.5 Å². The van der Waals surface area contributed by atoms with Gasteiger partial charge in [0.2, 0.25) is 11.7 Å². The summed E-state index contributed by atoms with van der Waals surface area (Å²) in [6.07, 6.45) is 6.88. The molecule has 0 spiro atoms. The fourth-order valence-electron chi connectivity index (χ4n) is 3.41. The number of hydrogen-bond acceptors (Lipinski definition) is 6. The van der Waals surface area contributed by atoms with Gasteiger partial charge in [-0.15, -0.1) is 0 Å². The minimum atomic E-state index is 0.161. The lowest BCUT2D eigenvalue weighted by atomic mass is 10.0. The number of ether oxygens (including phenoxy) is 1. The molecule has 1 aliphatic rings. The number of aromatic nitrogens is 3. The van der Waals surface area contributed by atoms with Crippen molar-refractivity contribution in [2.24, 2.45) is 0 Å². The van der Waals surface area contributed by atoms with Crippen LogP contribution in [-0.4, -0.2) is 33.7 Å². The molecule has 1 atom stereocenters. The minimum absolute atomic E-state index is 0.161. The van der Waals surface area contributed by atoms with Crippen LogP contribution in [0, 0.1) is 0 Å². The van der Waals surface area contributed by atoms with Crippen molar-refractivity contribution in [2.45, 2.75) is 31.8 Å². The molecule has 4 rings (SSSR count). The van der Waals surface area contributed by atoms with E-state index in [0.717, 1.165) is 30.8 Å². The minimum Gasteiger partial charge on any atom is -0.497 e. The first-order valence-electron chi connectivity index (χ1n) is 8.94. The molecule has 0 amide bonds. The zero-order valence-electron chi connectivity index (χ0n) is 14.8. The maximum atomic E-state index is 5.62. The second-order valence-electron chi connectivity index (χ2n) is 6.52. The second kappa shape index (κ2) is 7.66. The Morgan fingerprint density at radius 1 is 1.12 bits per heavy atom. The van der Waals surface area contributed by atoms with Gasteiger partial charge in [0.05, 0.1) is 13.2 Å². The Morgan fingerprint density at radius 2 is 1.92 bits per heavy atom. The predicted molar refractivity (Wildman–Crippen MR) is 97.5 cm³/mol. The van der Waals surface area contributed by atoms with Crippen LogP contribution in [0.3, 0.4) is 0 Å². The zero-order valence-corrected chi connectivity index (χ0v) is 14.8. The van der Waals surface area contributed by atoms with Crippen LogP contribution >= 0.6 is 0 Å². The van der Waals surface area contributed by atoms with Crippen LogP contribution in [0.1, 0.15) is 36.8 Å². The number of pyridine rings is 1. The highest BCUT2D eigenvalue weighted by Gasteiger charge is 2.29. The SMILES string of the molecule is COc1ccc(CN2CCCC[C@@H]2c2nc(-c3ccncc3)no2)cc1. The summed E-state index contributed by atoms with van der Waals surface area (Å²) in [6, 6.07) is 12.2. The Kier molecular flexibility index (Phi) is 4.93. The third-order valence-corrected chi connectivity index (χ3v) is 4.82. The number of hydrogen-bond donors (Lipinski definition) is 0. The molecule has 0 aliphatic carbocycles. The molecule has 1 saturated heterocycles. The number of nitrogens with zero attached hydrogens (tertiary/aromatic N) is 4. The summed E-state index contributed by atoms with van der Waals surface area (Å²) in [5.74, 6) is 2.20. The summed E-state index contributed by atoms with van der Waals surface area (Å²) in [5, 5.41) is 4.17. The molecule has 1 aromatic carbocycles. The van der Waals surface area contributed by atoms with Crippen LogP contribution in [0.4, 0.5) is 0 Å². The molecule has 0 N–H and O–H groups in total. The van der Waals surface area contributed by atoms with E-state index in [4.69, 9.17) is 9.26 Å². The molecule has 3 heterocycles. The second-order valence-corrected chi connectivity index (χ2v) is 6.52. The lowest BCUT2D eigenvalue weighted by Gasteiger charge is -2.33. The van der Waals surface area contributed by atoms with Gasteiger partial charge in [0.1, 0.15) is 5.75 Å². The Bertz CT molecular complexity index is 833. The normalized spacial score (nSPS) is 18.0. The van der Waals surface area contributed by atoms with Crippen LogP contribution in [0.5, 0.6) is 5.75 Å². The van der Waals surface area contributed by atoms with E-state index in [1.165, 1.54) is 18.4 Å². The Balaban J connectivity index is 1.53. The quantitative estimate of drug-likeness (QED) is 0.696. The number of likely N-dealkylation sites (tertiary alicyclic amines) is 1. The highest BCUT2D eigenvalue weighted by Crippen LogP contribution is 2.32. The fraction of sp³-hybridized carbons (Fsp3) is 0.350. The fourth-order valence-corrected chi connectivity index (χ4v) is 3.41. The van der Waals surface area contributed by atoms with Gasteiger partial charge in [0.15, 0.2) is 0 Å². The van der Waals surface area contributed by atoms with Crippen molar-refractivity contribution in [2.75, 3.05) is 13.7 Å². The number of benzene rings is 1. The lowest BCUT2D eigenvalue weighted by Crippen LogP contribution is -2.33. The van der Waals surface area contributed by atoms with Crippen molar-refractivity contribution in [3.63, 3.8) is 0 Å². The van der Waals surface area contributed by atoms with Crippen molar-refractivity contribution < 1.29 is 9.26 Å². The molecule has 134 valence electrons. The lowest BCUT2D eigenvalue weighted by molar-refractivity contribution is 0.111. The van der Waals surface area contributed by atoms with E-state index < -0.39 is 0 Å². The summed E-state index contributed by atoms with van der Waals surface area (Å²) < 4.78 is 10.9. The van der Waals surface area contributed by atoms with Crippen molar-refractivity contribution in [3.8, 4) is 17.1 Å². The van der Waals surface area contributed by atoms with E-state index in [2.05, 4.69) is 32.2 Å². The average molecular weight is 350 g/mol. The van der Waals surface area contributed by atoms with Gasteiger partial charge in [-0.25, -0.2) is 0 Å². The topological polar surface area (TPSA) is 64.3 Å². The Labute approximate surface area is 152 Å². The molecule has 1 aliphatic heterocycles. The molecule has 0 saturated carbocycles. The monoisotopic (exact) mass is 350 g/mol. The van der Waals surface area contributed by atoms with Gasteiger partial charge in [-0.05, 0) is 49.2 Å². The van der Waals surface area contributed by atoms with E-state index in [-0.39, 0.29) is 6.04 Å². The van der Waals surface area contributed by atoms with E-state index in [9.17, 15) is 0 Å². The summed E-state index contributed by atoms with van der Waals surface area (Å²) >= 11 is 0. The Hall–Kier alpha value is -2.73. The number of piperidine rings is 1. The van der Waals surface area contributed by atoms with E-state index in [1.807, 2.05) is 24.3 Å². The van der Waals surface area contributed by atoms with Crippen molar-refractivity contribution in [3.05, 3.63) is 60.2 Å². The van der Waals surface area contributed by atoms with Crippen molar-refractivity contribution in [1.29, 1.82) is 0 Å². The van der Waals surface area contributed by atoms with Crippen LogP contribution < -0.4 is 4.74 Å². The highest BCUT2D eigenvalue weighted by molar-refractivity contribution is 5.52. The average Bonchev–Trinajstić information content (AvgIpc) is 3.20. The predicted octanol–water partition coefficient (Wildman–Crippen LogP) is 3.87. The Morgan fingerprint density at radius 3 is 2.69 bits per heavy atom. The zero-order chi connectivity index (χ0) is 17.8. The molecule has 3 aromatic rings. The largest absolute Gasteiger partial charge is 0.497 e. The molecular weight excluding hydrogens is 328 g/mol.